The minimum atomic E-state index is -0.934. The van der Waals surface area contributed by atoms with Gasteiger partial charge in [0.1, 0.15) is 6.10 Å². The largest absolute Gasteiger partial charge is 0.478 e. The van der Waals surface area contributed by atoms with Crippen molar-refractivity contribution in [1.82, 2.24) is 0 Å². The van der Waals surface area contributed by atoms with Gasteiger partial charge < -0.3 is 9.84 Å². The minimum absolute atomic E-state index is 0.162. The highest BCUT2D eigenvalue weighted by molar-refractivity contribution is 5.89. The molecular formula is C9H9NO3. The molecule has 13 heavy (non-hydrogen) atoms. The number of hydrogen-bond donors (Lipinski definition) is 1. The van der Waals surface area contributed by atoms with Crippen LogP contribution in [0.4, 0.5) is 0 Å². The Balaban J connectivity index is 2.30. The Morgan fingerprint density at radius 1 is 1.69 bits per heavy atom. The molecule has 0 spiro atoms. The first kappa shape index (κ1) is 8.19. The normalized spacial score (nSPS) is 30.9. The number of nitrogens with zero attached hydrogens (tertiary/aromatic N) is 1. The lowest BCUT2D eigenvalue weighted by Crippen LogP contribution is -2.36. The average molecular weight is 179 g/mol. The second-order valence-corrected chi connectivity index (χ2v) is 2.89. The van der Waals surface area contributed by atoms with Gasteiger partial charge in [-0.3, -0.25) is 4.99 Å². The Kier molecular flexibility index (Phi) is 1.98. The zero-order valence-corrected chi connectivity index (χ0v) is 6.88. The van der Waals surface area contributed by atoms with Gasteiger partial charge in [-0.25, -0.2) is 4.79 Å². The zero-order chi connectivity index (χ0) is 9.26. The van der Waals surface area contributed by atoms with Gasteiger partial charge in [0, 0.05) is 6.21 Å². The molecule has 1 aliphatic carbocycles. The van der Waals surface area contributed by atoms with Gasteiger partial charge in [-0.15, -0.1) is 0 Å². The van der Waals surface area contributed by atoms with Crippen molar-refractivity contribution >= 4 is 12.2 Å². The number of carboxylic acid groups (broad SMARTS) is 1. The third-order valence-electron chi connectivity index (χ3n) is 2.08. The van der Waals surface area contributed by atoms with E-state index in [4.69, 9.17) is 9.84 Å². The highest BCUT2D eigenvalue weighted by atomic mass is 16.5. The Morgan fingerprint density at radius 2 is 2.54 bits per heavy atom. The van der Waals surface area contributed by atoms with Crippen molar-refractivity contribution < 1.29 is 14.6 Å². The number of rotatable bonds is 1. The molecule has 2 aliphatic rings. The SMILES string of the molecule is O=C(O)C1=CC=CC2N=CCOC12. The van der Waals surface area contributed by atoms with Crippen LogP contribution in [0.5, 0.6) is 0 Å². The van der Waals surface area contributed by atoms with Crippen molar-refractivity contribution in [3.63, 3.8) is 0 Å². The summed E-state index contributed by atoms with van der Waals surface area (Å²) in [6, 6.07) is -0.162. The molecule has 0 saturated carbocycles. The van der Waals surface area contributed by atoms with Gasteiger partial charge in [0.2, 0.25) is 0 Å². The summed E-state index contributed by atoms with van der Waals surface area (Å²) in [6.45, 7) is 0.389. The van der Waals surface area contributed by atoms with E-state index >= 15 is 0 Å². The van der Waals surface area contributed by atoms with Crippen LogP contribution in [-0.2, 0) is 9.53 Å². The van der Waals surface area contributed by atoms with Crippen molar-refractivity contribution in [2.75, 3.05) is 6.61 Å². The third-order valence-corrected chi connectivity index (χ3v) is 2.08. The number of ether oxygens (including phenoxy) is 1. The molecule has 0 bridgehead atoms. The van der Waals surface area contributed by atoms with Crippen LogP contribution in [0.1, 0.15) is 0 Å². The molecule has 0 amide bonds. The fourth-order valence-electron chi connectivity index (χ4n) is 1.47. The molecule has 0 radical (unpaired) electrons. The van der Waals surface area contributed by atoms with Crippen LogP contribution < -0.4 is 0 Å². The molecule has 4 nitrogen and oxygen atoms in total. The molecule has 2 unspecified atom stereocenters. The van der Waals surface area contributed by atoms with Crippen LogP contribution in [0.2, 0.25) is 0 Å². The highest BCUT2D eigenvalue weighted by Crippen LogP contribution is 2.21. The van der Waals surface area contributed by atoms with Gasteiger partial charge in [0.25, 0.3) is 0 Å². The second-order valence-electron chi connectivity index (χ2n) is 2.89. The first-order valence-electron chi connectivity index (χ1n) is 4.04. The van der Waals surface area contributed by atoms with E-state index in [0.717, 1.165) is 0 Å². The number of aliphatic imine (C=N–C) groups is 1. The van der Waals surface area contributed by atoms with E-state index in [0.29, 0.717) is 6.61 Å². The molecule has 1 N–H and O–H groups in total. The van der Waals surface area contributed by atoms with Crippen molar-refractivity contribution in [2.45, 2.75) is 12.1 Å². The molecule has 1 heterocycles. The summed E-state index contributed by atoms with van der Waals surface area (Å²) in [7, 11) is 0. The summed E-state index contributed by atoms with van der Waals surface area (Å²) in [5.41, 5.74) is 0.282. The van der Waals surface area contributed by atoms with E-state index in [1.54, 1.807) is 18.4 Å². The zero-order valence-electron chi connectivity index (χ0n) is 6.88. The molecule has 2 atom stereocenters. The maximum absolute atomic E-state index is 10.8. The molecule has 0 fully saturated rings. The van der Waals surface area contributed by atoms with Crippen LogP contribution >= 0.6 is 0 Å². The van der Waals surface area contributed by atoms with E-state index in [2.05, 4.69) is 4.99 Å². The lowest BCUT2D eigenvalue weighted by atomic mass is 9.97. The maximum Gasteiger partial charge on any atom is 0.334 e. The van der Waals surface area contributed by atoms with E-state index in [9.17, 15) is 4.79 Å². The molecule has 0 aromatic rings. The predicted octanol–water partition coefficient (Wildman–Crippen LogP) is 0.405. The first-order chi connectivity index (χ1) is 6.29. The number of fused-ring (bicyclic) bond motifs is 1. The van der Waals surface area contributed by atoms with Gasteiger partial charge in [-0.1, -0.05) is 12.2 Å². The monoisotopic (exact) mass is 179 g/mol. The van der Waals surface area contributed by atoms with Crippen LogP contribution in [0.25, 0.3) is 0 Å². The molecule has 68 valence electrons. The van der Waals surface area contributed by atoms with Crippen molar-refractivity contribution in [1.29, 1.82) is 0 Å². The van der Waals surface area contributed by atoms with Crippen LogP contribution in [0, 0.1) is 0 Å². The highest BCUT2D eigenvalue weighted by Gasteiger charge is 2.30. The average Bonchev–Trinajstić information content (AvgIpc) is 2.17. The molecule has 2 rings (SSSR count). The lowest BCUT2D eigenvalue weighted by molar-refractivity contribution is -0.134. The van der Waals surface area contributed by atoms with Gasteiger partial charge in [0.15, 0.2) is 0 Å². The van der Waals surface area contributed by atoms with Gasteiger partial charge >= 0.3 is 5.97 Å². The number of aliphatic carboxylic acids is 1. The van der Waals surface area contributed by atoms with Crippen molar-refractivity contribution in [3.05, 3.63) is 23.8 Å². The van der Waals surface area contributed by atoms with Crippen LogP contribution in [0.3, 0.4) is 0 Å². The number of hydrogen-bond acceptors (Lipinski definition) is 3. The first-order valence-corrected chi connectivity index (χ1v) is 4.04. The molecular weight excluding hydrogens is 170 g/mol. The summed E-state index contributed by atoms with van der Waals surface area (Å²) >= 11 is 0. The second kappa shape index (κ2) is 3.14. The fourth-order valence-corrected chi connectivity index (χ4v) is 1.47. The number of allylic oxidation sites excluding steroid dienone is 2. The fraction of sp³-hybridized carbons (Fsp3) is 0.333. The minimum Gasteiger partial charge on any atom is -0.478 e. The summed E-state index contributed by atoms with van der Waals surface area (Å²) in [4.78, 5) is 14.9. The van der Waals surface area contributed by atoms with E-state index < -0.39 is 12.1 Å². The van der Waals surface area contributed by atoms with E-state index in [1.165, 1.54) is 0 Å². The Hall–Kier alpha value is -1.42. The molecule has 0 aromatic heterocycles. The summed E-state index contributed by atoms with van der Waals surface area (Å²) in [5, 5.41) is 8.84. The Morgan fingerprint density at radius 3 is 3.31 bits per heavy atom. The van der Waals surface area contributed by atoms with Gasteiger partial charge in [0.05, 0.1) is 18.2 Å². The molecule has 0 saturated heterocycles. The number of carboxylic acids is 1. The van der Waals surface area contributed by atoms with Crippen molar-refractivity contribution in [3.8, 4) is 0 Å². The van der Waals surface area contributed by atoms with Crippen LogP contribution in [0.15, 0.2) is 28.8 Å². The lowest BCUT2D eigenvalue weighted by Gasteiger charge is -2.27. The Bertz CT molecular complexity index is 317. The summed E-state index contributed by atoms with van der Waals surface area (Å²) in [5.74, 6) is -0.934. The van der Waals surface area contributed by atoms with Crippen molar-refractivity contribution in [2.24, 2.45) is 4.99 Å². The van der Waals surface area contributed by atoms with E-state index in [-0.39, 0.29) is 11.6 Å². The third kappa shape index (κ3) is 1.40. The Labute approximate surface area is 75.2 Å². The smallest absolute Gasteiger partial charge is 0.334 e. The predicted molar refractivity (Wildman–Crippen MR) is 46.9 cm³/mol. The summed E-state index contributed by atoms with van der Waals surface area (Å²) < 4.78 is 5.31. The van der Waals surface area contributed by atoms with Gasteiger partial charge in [-0.2, -0.15) is 0 Å². The standard InChI is InChI=1S/C9H9NO3/c11-9(12)6-2-1-3-7-8(6)13-5-4-10-7/h1-4,7-8H,5H2,(H,11,12). The maximum atomic E-state index is 10.8. The topological polar surface area (TPSA) is 58.9 Å². The quantitative estimate of drug-likeness (QED) is 0.634. The number of carbonyl (C=O) groups is 1. The molecule has 0 aromatic carbocycles. The van der Waals surface area contributed by atoms with Gasteiger partial charge in [-0.05, 0) is 6.08 Å². The van der Waals surface area contributed by atoms with E-state index in [1.807, 2.05) is 6.08 Å². The molecule has 4 heteroatoms. The van der Waals surface area contributed by atoms with Crippen LogP contribution in [-0.4, -0.2) is 36.0 Å². The molecule has 1 aliphatic heterocycles. The summed E-state index contributed by atoms with van der Waals surface area (Å²) in [6.07, 6.45) is 6.36.